The van der Waals surface area contributed by atoms with E-state index in [2.05, 4.69) is 25.8 Å². The molecule has 1 aromatic carbocycles. The maximum atomic E-state index is 10.2. The molecule has 0 radical (unpaired) electrons. The number of phenolic OH excluding ortho intramolecular Hbond substituents is 1. The summed E-state index contributed by atoms with van der Waals surface area (Å²) in [4.78, 5) is 4.27. The Labute approximate surface area is 98.9 Å². The van der Waals surface area contributed by atoms with Crippen molar-refractivity contribution in [2.24, 2.45) is 0 Å². The van der Waals surface area contributed by atoms with E-state index in [9.17, 15) is 5.11 Å². The molecule has 0 aliphatic rings. The number of aromatic nitrogens is 1. The Kier molecular flexibility index (Phi) is 2.35. The van der Waals surface area contributed by atoms with E-state index in [1.807, 2.05) is 13.0 Å². The van der Waals surface area contributed by atoms with Crippen LogP contribution in [0.15, 0.2) is 6.07 Å². The number of phenols is 1. The topological polar surface area (TPSA) is 59.1 Å². The van der Waals surface area contributed by atoms with Crippen molar-refractivity contribution in [3.05, 3.63) is 17.2 Å². The van der Waals surface area contributed by atoms with E-state index < -0.39 is 0 Å². The van der Waals surface area contributed by atoms with Crippen LogP contribution in [0, 0.1) is 6.92 Å². The van der Waals surface area contributed by atoms with Gasteiger partial charge in [0.15, 0.2) is 5.13 Å². The van der Waals surface area contributed by atoms with Gasteiger partial charge in [-0.25, -0.2) is 4.98 Å². The van der Waals surface area contributed by atoms with E-state index in [0.717, 1.165) is 21.3 Å². The highest BCUT2D eigenvalue weighted by Crippen LogP contribution is 2.39. The molecule has 0 aliphatic heterocycles. The summed E-state index contributed by atoms with van der Waals surface area (Å²) in [7, 11) is 0. The quantitative estimate of drug-likeness (QED) is 0.738. The summed E-state index contributed by atoms with van der Waals surface area (Å²) in [6.07, 6.45) is 0. The van der Waals surface area contributed by atoms with Gasteiger partial charge in [0.05, 0.1) is 10.2 Å². The number of benzene rings is 1. The predicted molar refractivity (Wildman–Crippen MR) is 69.1 cm³/mol. The Hall–Kier alpha value is -1.29. The lowest BCUT2D eigenvalue weighted by Gasteiger charge is -2.21. The molecule has 2 rings (SSSR count). The van der Waals surface area contributed by atoms with Gasteiger partial charge in [-0.3, -0.25) is 0 Å². The lowest BCUT2D eigenvalue weighted by Crippen LogP contribution is -2.11. The van der Waals surface area contributed by atoms with Crippen molar-refractivity contribution in [2.45, 2.75) is 33.1 Å². The van der Waals surface area contributed by atoms with Crippen LogP contribution in [0.2, 0.25) is 0 Å². The Morgan fingerprint density at radius 1 is 1.38 bits per heavy atom. The lowest BCUT2D eigenvalue weighted by molar-refractivity contribution is 0.444. The number of hydrogen-bond donors (Lipinski definition) is 2. The molecule has 1 aromatic heterocycles. The fourth-order valence-corrected chi connectivity index (χ4v) is 2.61. The molecule has 0 spiro atoms. The normalized spacial score (nSPS) is 12.2. The summed E-state index contributed by atoms with van der Waals surface area (Å²) >= 11 is 1.42. The van der Waals surface area contributed by atoms with Crippen molar-refractivity contribution >= 4 is 26.7 Å². The average Bonchev–Trinajstić information content (AvgIpc) is 2.51. The first-order valence-corrected chi connectivity index (χ1v) is 6.01. The molecule has 16 heavy (non-hydrogen) atoms. The number of nitrogen functional groups attached to an aromatic ring is 1. The highest BCUT2D eigenvalue weighted by molar-refractivity contribution is 7.22. The van der Waals surface area contributed by atoms with E-state index in [-0.39, 0.29) is 5.41 Å². The number of thiazole rings is 1. The van der Waals surface area contributed by atoms with Gasteiger partial charge in [0, 0.05) is 11.1 Å². The smallest absolute Gasteiger partial charge is 0.181 e. The molecule has 3 N–H and O–H groups in total. The molecule has 0 amide bonds. The third kappa shape index (κ3) is 1.63. The van der Waals surface area contributed by atoms with Crippen LogP contribution in [0.1, 0.15) is 31.9 Å². The Balaban J connectivity index is 2.83. The lowest BCUT2D eigenvalue weighted by atomic mass is 9.85. The SMILES string of the molecule is Cc1c(O)c(C(C)(C)C)cc2nc(N)sc12. The van der Waals surface area contributed by atoms with Crippen molar-refractivity contribution in [3.8, 4) is 5.75 Å². The molecule has 0 atom stereocenters. The fourth-order valence-electron chi connectivity index (χ4n) is 1.80. The molecular weight excluding hydrogens is 220 g/mol. The van der Waals surface area contributed by atoms with Crippen LogP contribution in [0.4, 0.5) is 5.13 Å². The molecule has 1 heterocycles. The molecule has 0 saturated heterocycles. The standard InChI is InChI=1S/C12H16N2OS/c1-6-9(15)7(12(2,3)4)5-8-10(6)16-11(13)14-8/h5,15H,1-4H3,(H2,13,14). The molecule has 0 unspecified atom stereocenters. The first-order chi connectivity index (χ1) is 7.30. The monoisotopic (exact) mass is 236 g/mol. The predicted octanol–water partition coefficient (Wildman–Crippen LogP) is 3.19. The molecule has 86 valence electrons. The Morgan fingerprint density at radius 2 is 2.00 bits per heavy atom. The molecule has 0 aliphatic carbocycles. The second-order valence-electron chi connectivity index (χ2n) is 5.05. The zero-order valence-electron chi connectivity index (χ0n) is 9.96. The Bertz CT molecular complexity index is 552. The molecule has 0 bridgehead atoms. The third-order valence-corrected chi connectivity index (χ3v) is 3.73. The van der Waals surface area contributed by atoms with Crippen LogP contribution in [0.5, 0.6) is 5.75 Å². The van der Waals surface area contributed by atoms with Crippen LogP contribution < -0.4 is 5.73 Å². The van der Waals surface area contributed by atoms with Gasteiger partial charge in [0.1, 0.15) is 5.75 Å². The van der Waals surface area contributed by atoms with Gasteiger partial charge >= 0.3 is 0 Å². The van der Waals surface area contributed by atoms with E-state index in [1.165, 1.54) is 11.3 Å². The van der Waals surface area contributed by atoms with Gasteiger partial charge in [0.2, 0.25) is 0 Å². The van der Waals surface area contributed by atoms with Crippen LogP contribution in [-0.4, -0.2) is 10.1 Å². The number of rotatable bonds is 0. The summed E-state index contributed by atoms with van der Waals surface area (Å²) in [5.74, 6) is 0.364. The highest BCUT2D eigenvalue weighted by Gasteiger charge is 2.22. The number of aryl methyl sites for hydroxylation is 1. The maximum Gasteiger partial charge on any atom is 0.181 e. The maximum absolute atomic E-state index is 10.2. The van der Waals surface area contributed by atoms with E-state index >= 15 is 0 Å². The summed E-state index contributed by atoms with van der Waals surface area (Å²) in [5, 5.41) is 10.7. The van der Waals surface area contributed by atoms with Crippen LogP contribution >= 0.6 is 11.3 Å². The molecule has 0 saturated carbocycles. The van der Waals surface area contributed by atoms with Crippen LogP contribution in [0.3, 0.4) is 0 Å². The number of anilines is 1. The largest absolute Gasteiger partial charge is 0.507 e. The molecule has 2 aromatic rings. The van der Waals surface area contributed by atoms with E-state index in [1.54, 1.807) is 0 Å². The van der Waals surface area contributed by atoms with Crippen molar-refractivity contribution < 1.29 is 5.11 Å². The number of hydrogen-bond acceptors (Lipinski definition) is 4. The minimum Gasteiger partial charge on any atom is -0.507 e. The van der Waals surface area contributed by atoms with Crippen molar-refractivity contribution in [1.29, 1.82) is 0 Å². The van der Waals surface area contributed by atoms with E-state index in [0.29, 0.717) is 10.9 Å². The van der Waals surface area contributed by atoms with Crippen LogP contribution in [0.25, 0.3) is 10.2 Å². The van der Waals surface area contributed by atoms with E-state index in [4.69, 9.17) is 5.73 Å². The van der Waals surface area contributed by atoms with Gasteiger partial charge in [0.25, 0.3) is 0 Å². The van der Waals surface area contributed by atoms with Gasteiger partial charge < -0.3 is 10.8 Å². The molecular formula is C12H16N2OS. The summed E-state index contributed by atoms with van der Waals surface area (Å²) < 4.78 is 0.975. The summed E-state index contributed by atoms with van der Waals surface area (Å²) in [6, 6.07) is 1.94. The number of nitrogens with zero attached hydrogens (tertiary/aromatic N) is 1. The van der Waals surface area contributed by atoms with Crippen LogP contribution in [-0.2, 0) is 5.41 Å². The van der Waals surface area contributed by atoms with Crippen molar-refractivity contribution in [3.63, 3.8) is 0 Å². The number of aromatic hydroxyl groups is 1. The molecule has 4 heteroatoms. The first-order valence-electron chi connectivity index (χ1n) is 5.20. The minimum atomic E-state index is -0.0958. The average molecular weight is 236 g/mol. The third-order valence-electron chi connectivity index (χ3n) is 2.71. The summed E-state index contributed by atoms with van der Waals surface area (Å²) in [6.45, 7) is 8.12. The number of fused-ring (bicyclic) bond motifs is 1. The Morgan fingerprint density at radius 3 is 2.56 bits per heavy atom. The second kappa shape index (κ2) is 3.35. The first kappa shape index (κ1) is 11.2. The summed E-state index contributed by atoms with van der Waals surface area (Å²) in [5.41, 5.74) is 8.27. The second-order valence-corrected chi connectivity index (χ2v) is 6.08. The molecule has 3 nitrogen and oxygen atoms in total. The minimum absolute atomic E-state index is 0.0958. The highest BCUT2D eigenvalue weighted by atomic mass is 32.1. The molecule has 0 fully saturated rings. The van der Waals surface area contributed by atoms with Gasteiger partial charge in [-0.2, -0.15) is 0 Å². The zero-order chi connectivity index (χ0) is 12.1. The fraction of sp³-hybridized carbons (Fsp3) is 0.417. The van der Waals surface area contributed by atoms with Crippen molar-refractivity contribution in [1.82, 2.24) is 4.98 Å². The van der Waals surface area contributed by atoms with Gasteiger partial charge in [-0.05, 0) is 18.4 Å². The van der Waals surface area contributed by atoms with Crippen molar-refractivity contribution in [2.75, 3.05) is 5.73 Å². The zero-order valence-corrected chi connectivity index (χ0v) is 10.8. The van der Waals surface area contributed by atoms with Gasteiger partial charge in [-0.1, -0.05) is 32.1 Å². The van der Waals surface area contributed by atoms with Gasteiger partial charge in [-0.15, -0.1) is 0 Å². The number of nitrogens with two attached hydrogens (primary N) is 1.